The normalized spacial score (nSPS) is 19.9. The highest BCUT2D eigenvalue weighted by atomic mass is 35.5. The second kappa shape index (κ2) is 6.78. The average molecular weight is 373 g/mol. The Hall–Kier alpha value is -1.51. The first-order chi connectivity index (χ1) is 11.4. The van der Waals surface area contributed by atoms with E-state index in [0.717, 1.165) is 0 Å². The van der Waals surface area contributed by atoms with Crippen molar-refractivity contribution in [3.8, 4) is 0 Å². The van der Waals surface area contributed by atoms with Crippen molar-refractivity contribution in [3.63, 3.8) is 0 Å². The molecule has 1 fully saturated rings. The Morgan fingerprint density at radius 2 is 2.25 bits per heavy atom. The largest absolute Gasteiger partial charge is 0.295 e. The molecule has 0 radical (unpaired) electrons. The first kappa shape index (κ1) is 17.3. The second-order valence-electron chi connectivity index (χ2n) is 6.01. The van der Waals surface area contributed by atoms with Gasteiger partial charge < -0.3 is 0 Å². The Morgan fingerprint density at radius 1 is 1.46 bits per heavy atom. The predicted octanol–water partition coefficient (Wildman–Crippen LogP) is 1.74. The highest BCUT2D eigenvalue weighted by Crippen LogP contribution is 2.21. The van der Waals surface area contributed by atoms with E-state index in [9.17, 15) is 12.8 Å². The zero-order valence-electron chi connectivity index (χ0n) is 13.2. The molecule has 1 aromatic carbocycles. The van der Waals surface area contributed by atoms with Crippen LogP contribution < -0.4 is 0 Å². The minimum absolute atomic E-state index is 0.0304. The summed E-state index contributed by atoms with van der Waals surface area (Å²) < 4.78 is 38.8. The second-order valence-corrected chi connectivity index (χ2v) is 8.64. The van der Waals surface area contributed by atoms with Crippen molar-refractivity contribution in [1.82, 2.24) is 19.7 Å². The standard InChI is InChI=1S/C15H18ClFN4O2S/c1-20(11-5-6-24(22,23)9-11)8-15-18-10-19-21(15)7-12-13(16)3-2-4-14(12)17/h2-4,10-11H,5-9H2,1H3/t11-/m1/s1. The van der Waals surface area contributed by atoms with Crippen molar-refractivity contribution in [2.45, 2.75) is 25.6 Å². The van der Waals surface area contributed by atoms with E-state index in [2.05, 4.69) is 10.1 Å². The van der Waals surface area contributed by atoms with Gasteiger partial charge in [0.2, 0.25) is 0 Å². The first-order valence-electron chi connectivity index (χ1n) is 7.56. The fraction of sp³-hybridized carbons (Fsp3) is 0.467. The lowest BCUT2D eigenvalue weighted by atomic mass is 10.2. The molecule has 0 spiro atoms. The van der Waals surface area contributed by atoms with Gasteiger partial charge in [-0.2, -0.15) is 5.10 Å². The molecule has 2 aromatic rings. The molecular formula is C15H18ClFN4O2S. The molecule has 0 saturated carbocycles. The first-order valence-corrected chi connectivity index (χ1v) is 9.76. The third-order valence-corrected chi connectivity index (χ3v) is 6.39. The van der Waals surface area contributed by atoms with Crippen LogP contribution in [0.5, 0.6) is 0 Å². The summed E-state index contributed by atoms with van der Waals surface area (Å²) in [6.45, 7) is 0.615. The SMILES string of the molecule is CN(Cc1ncnn1Cc1c(F)cccc1Cl)[C@@H]1CCS(=O)(=O)C1. The summed E-state index contributed by atoms with van der Waals surface area (Å²) in [4.78, 5) is 6.17. The Balaban J connectivity index is 1.74. The molecular weight excluding hydrogens is 355 g/mol. The number of rotatable bonds is 5. The van der Waals surface area contributed by atoms with Gasteiger partial charge in [-0.15, -0.1) is 0 Å². The van der Waals surface area contributed by atoms with Crippen LogP contribution in [0.25, 0.3) is 0 Å². The molecule has 1 atom stereocenters. The zero-order chi connectivity index (χ0) is 17.3. The van der Waals surface area contributed by atoms with Gasteiger partial charge in [0.1, 0.15) is 18.0 Å². The molecule has 1 aromatic heterocycles. The number of aromatic nitrogens is 3. The lowest BCUT2D eigenvalue weighted by molar-refractivity contribution is 0.243. The molecule has 0 aliphatic carbocycles. The van der Waals surface area contributed by atoms with Crippen molar-refractivity contribution in [2.75, 3.05) is 18.6 Å². The van der Waals surface area contributed by atoms with Crippen molar-refractivity contribution >= 4 is 21.4 Å². The summed E-state index contributed by atoms with van der Waals surface area (Å²) in [7, 11) is -1.08. The molecule has 0 bridgehead atoms. The van der Waals surface area contributed by atoms with E-state index in [4.69, 9.17) is 11.6 Å². The summed E-state index contributed by atoms with van der Waals surface area (Å²) in [6, 6.07) is 4.51. The molecule has 1 aliphatic heterocycles. The molecule has 3 rings (SSSR count). The van der Waals surface area contributed by atoms with Crippen LogP contribution in [-0.2, 0) is 22.9 Å². The maximum Gasteiger partial charge on any atom is 0.151 e. The van der Waals surface area contributed by atoms with E-state index in [1.807, 2.05) is 11.9 Å². The number of sulfone groups is 1. The molecule has 0 N–H and O–H groups in total. The molecule has 9 heteroatoms. The quantitative estimate of drug-likeness (QED) is 0.799. The summed E-state index contributed by atoms with van der Waals surface area (Å²) >= 11 is 6.06. The van der Waals surface area contributed by atoms with Crippen LogP contribution in [0.2, 0.25) is 5.02 Å². The Bertz CT molecular complexity index is 819. The van der Waals surface area contributed by atoms with Crippen LogP contribution in [0, 0.1) is 5.82 Å². The van der Waals surface area contributed by atoms with Gasteiger partial charge in [-0.25, -0.2) is 22.5 Å². The van der Waals surface area contributed by atoms with E-state index in [1.54, 1.807) is 16.8 Å². The van der Waals surface area contributed by atoms with Crippen LogP contribution in [0.15, 0.2) is 24.5 Å². The van der Waals surface area contributed by atoms with Crippen molar-refractivity contribution in [1.29, 1.82) is 0 Å². The number of hydrogen-bond acceptors (Lipinski definition) is 5. The Morgan fingerprint density at radius 3 is 2.92 bits per heavy atom. The van der Waals surface area contributed by atoms with Crippen molar-refractivity contribution < 1.29 is 12.8 Å². The summed E-state index contributed by atoms with van der Waals surface area (Å²) in [5, 5.41) is 4.48. The maximum absolute atomic E-state index is 13.9. The van der Waals surface area contributed by atoms with Crippen molar-refractivity contribution in [3.05, 3.63) is 46.8 Å². The molecule has 130 valence electrons. The van der Waals surface area contributed by atoms with E-state index >= 15 is 0 Å². The minimum Gasteiger partial charge on any atom is -0.295 e. The van der Waals surface area contributed by atoms with Gasteiger partial charge in [0.05, 0.1) is 24.6 Å². The molecule has 0 amide bonds. The highest BCUT2D eigenvalue weighted by molar-refractivity contribution is 7.91. The molecule has 1 aliphatic rings. The van der Waals surface area contributed by atoms with Gasteiger partial charge in [0.25, 0.3) is 0 Å². The smallest absolute Gasteiger partial charge is 0.151 e. The molecule has 2 heterocycles. The highest BCUT2D eigenvalue weighted by Gasteiger charge is 2.31. The number of halogens is 2. The van der Waals surface area contributed by atoms with E-state index in [0.29, 0.717) is 29.4 Å². The average Bonchev–Trinajstić information content (AvgIpc) is 3.09. The Kier molecular flexibility index (Phi) is 4.89. The van der Waals surface area contributed by atoms with Crippen LogP contribution in [0.3, 0.4) is 0 Å². The lowest BCUT2D eigenvalue weighted by Crippen LogP contribution is -2.33. The van der Waals surface area contributed by atoms with Crippen LogP contribution >= 0.6 is 11.6 Å². The summed E-state index contributed by atoms with van der Waals surface area (Å²) in [5.74, 6) is 0.636. The van der Waals surface area contributed by atoms with E-state index < -0.39 is 9.84 Å². The topological polar surface area (TPSA) is 68.1 Å². The van der Waals surface area contributed by atoms with Gasteiger partial charge in [-0.3, -0.25) is 4.90 Å². The molecule has 24 heavy (non-hydrogen) atoms. The van der Waals surface area contributed by atoms with E-state index in [-0.39, 0.29) is 29.9 Å². The Labute approximate surface area is 145 Å². The predicted molar refractivity (Wildman–Crippen MR) is 89.1 cm³/mol. The van der Waals surface area contributed by atoms with Gasteiger partial charge in [-0.05, 0) is 25.6 Å². The fourth-order valence-electron chi connectivity index (χ4n) is 2.85. The molecule has 6 nitrogen and oxygen atoms in total. The minimum atomic E-state index is -2.94. The van der Waals surface area contributed by atoms with Gasteiger partial charge in [0, 0.05) is 16.6 Å². The molecule has 1 saturated heterocycles. The van der Waals surface area contributed by atoms with Crippen LogP contribution in [0.1, 0.15) is 17.8 Å². The van der Waals surface area contributed by atoms with Crippen LogP contribution in [-0.4, -0.2) is 52.7 Å². The fourth-order valence-corrected chi connectivity index (χ4v) is 4.88. The van der Waals surface area contributed by atoms with E-state index in [1.165, 1.54) is 12.4 Å². The maximum atomic E-state index is 13.9. The lowest BCUT2D eigenvalue weighted by Gasteiger charge is -2.22. The number of nitrogens with zero attached hydrogens (tertiary/aromatic N) is 4. The summed E-state index contributed by atoms with van der Waals surface area (Å²) in [6.07, 6.45) is 2.02. The van der Waals surface area contributed by atoms with Crippen LogP contribution in [0.4, 0.5) is 4.39 Å². The molecule has 0 unspecified atom stereocenters. The number of hydrogen-bond donors (Lipinski definition) is 0. The zero-order valence-corrected chi connectivity index (χ0v) is 14.8. The third-order valence-electron chi connectivity index (χ3n) is 4.29. The number of benzene rings is 1. The van der Waals surface area contributed by atoms with Gasteiger partial charge in [-0.1, -0.05) is 17.7 Å². The van der Waals surface area contributed by atoms with Gasteiger partial charge >= 0.3 is 0 Å². The third kappa shape index (κ3) is 3.76. The van der Waals surface area contributed by atoms with Crippen molar-refractivity contribution in [2.24, 2.45) is 0 Å². The summed E-state index contributed by atoms with van der Waals surface area (Å²) in [5.41, 5.74) is 0.358. The monoisotopic (exact) mass is 372 g/mol. The van der Waals surface area contributed by atoms with Gasteiger partial charge in [0.15, 0.2) is 9.84 Å².